The number of pyridine rings is 1. The van der Waals surface area contributed by atoms with Crippen LogP contribution in [0.15, 0.2) is 71.7 Å². The van der Waals surface area contributed by atoms with Gasteiger partial charge in [0.25, 0.3) is 5.56 Å². The van der Waals surface area contributed by atoms with Crippen molar-refractivity contribution >= 4 is 11.6 Å². The Morgan fingerprint density at radius 1 is 1.03 bits per heavy atom. The molecule has 3 rings (SSSR count). The number of carbonyl (C=O) groups excluding carboxylic acids is 1. The number of carbonyl (C=O) groups is 1. The third kappa shape index (κ3) is 5.25. The molecule has 0 bridgehead atoms. The van der Waals surface area contributed by atoms with Gasteiger partial charge in [0, 0.05) is 12.3 Å². The predicted molar refractivity (Wildman–Crippen MR) is 102 cm³/mol. The number of rotatable bonds is 5. The summed E-state index contributed by atoms with van der Waals surface area (Å²) in [4.78, 5) is 24.1. The van der Waals surface area contributed by atoms with Gasteiger partial charge in [-0.1, -0.05) is 29.8 Å². The minimum absolute atomic E-state index is 0.332. The van der Waals surface area contributed by atoms with Crippen LogP contribution in [-0.4, -0.2) is 10.5 Å². The summed E-state index contributed by atoms with van der Waals surface area (Å²) in [7, 11) is 0. The highest BCUT2D eigenvalue weighted by molar-refractivity contribution is 5.92. The van der Waals surface area contributed by atoms with E-state index in [1.165, 1.54) is 0 Å². The lowest BCUT2D eigenvalue weighted by Crippen LogP contribution is -2.28. The van der Waals surface area contributed by atoms with E-state index in [0.717, 1.165) is 11.6 Å². The number of benzene rings is 2. The third-order valence-electron chi connectivity index (χ3n) is 4.03. The first-order chi connectivity index (χ1) is 13.7. The quantitative estimate of drug-likeness (QED) is 0.678. The van der Waals surface area contributed by atoms with E-state index >= 15 is 0 Å². The molecule has 2 aromatic carbocycles. The summed E-state index contributed by atoms with van der Waals surface area (Å²) in [5.41, 5.74) is -0.325. The molecule has 29 heavy (non-hydrogen) atoms. The van der Waals surface area contributed by atoms with Crippen LogP contribution in [0.2, 0.25) is 0 Å². The number of aryl methyl sites for hydroxylation is 1. The first kappa shape index (κ1) is 20.2. The highest BCUT2D eigenvalue weighted by Gasteiger charge is 2.31. The number of nitrogens with one attached hydrogen (secondary N) is 1. The Morgan fingerprint density at radius 2 is 1.72 bits per heavy atom. The monoisotopic (exact) mass is 402 g/mol. The van der Waals surface area contributed by atoms with Gasteiger partial charge in [0.2, 0.25) is 5.91 Å². The molecule has 0 radical (unpaired) electrons. The normalized spacial score (nSPS) is 11.2. The summed E-state index contributed by atoms with van der Waals surface area (Å²) in [5, 5.41) is 2.57. The van der Waals surface area contributed by atoms with Crippen LogP contribution in [0.25, 0.3) is 0 Å². The van der Waals surface area contributed by atoms with Crippen molar-refractivity contribution in [1.29, 1.82) is 0 Å². The van der Waals surface area contributed by atoms with Crippen LogP contribution < -0.4 is 15.6 Å². The van der Waals surface area contributed by atoms with Crippen molar-refractivity contribution in [3.05, 3.63) is 88.3 Å². The van der Waals surface area contributed by atoms with Crippen molar-refractivity contribution in [2.24, 2.45) is 0 Å². The number of nitrogens with zero attached hydrogens (tertiary/aromatic N) is 1. The lowest BCUT2D eigenvalue weighted by molar-refractivity contribution is -0.138. The zero-order valence-electron chi connectivity index (χ0n) is 15.4. The van der Waals surface area contributed by atoms with E-state index in [0.29, 0.717) is 34.0 Å². The van der Waals surface area contributed by atoms with Gasteiger partial charge in [0.15, 0.2) is 5.75 Å². The Hall–Kier alpha value is -3.55. The molecule has 1 heterocycles. The van der Waals surface area contributed by atoms with Crippen molar-refractivity contribution < 1.29 is 22.7 Å². The molecule has 3 aromatic rings. The number of hydrogen-bond acceptors (Lipinski definition) is 3. The maximum absolute atomic E-state index is 12.8. The number of alkyl halides is 3. The summed E-state index contributed by atoms with van der Waals surface area (Å²) >= 11 is 0. The van der Waals surface area contributed by atoms with Crippen molar-refractivity contribution in [2.75, 3.05) is 5.32 Å². The van der Waals surface area contributed by atoms with Crippen LogP contribution in [0.3, 0.4) is 0 Å². The number of amides is 1. The molecule has 0 aliphatic carbocycles. The SMILES string of the molecule is Cc1ccc(Oc2ccccc2NC(=O)Cn2cc(C(F)(F)F)ccc2=O)cc1. The molecule has 0 unspecified atom stereocenters. The molecular formula is C21H17F3N2O3. The van der Waals surface area contributed by atoms with E-state index in [2.05, 4.69) is 5.32 Å². The van der Waals surface area contributed by atoms with Crippen LogP contribution in [0.5, 0.6) is 11.5 Å². The van der Waals surface area contributed by atoms with Gasteiger partial charge < -0.3 is 14.6 Å². The van der Waals surface area contributed by atoms with Gasteiger partial charge in [-0.2, -0.15) is 13.2 Å². The third-order valence-corrected chi connectivity index (χ3v) is 4.03. The van der Waals surface area contributed by atoms with Gasteiger partial charge in [-0.3, -0.25) is 9.59 Å². The van der Waals surface area contributed by atoms with Crippen LogP contribution in [0, 0.1) is 6.92 Å². The molecule has 0 saturated heterocycles. The Morgan fingerprint density at radius 3 is 2.41 bits per heavy atom. The summed E-state index contributed by atoms with van der Waals surface area (Å²) < 4.78 is 45.0. The molecule has 1 N–H and O–H groups in total. The van der Waals surface area contributed by atoms with E-state index in [4.69, 9.17) is 4.74 Å². The second-order valence-corrected chi connectivity index (χ2v) is 6.34. The summed E-state index contributed by atoms with van der Waals surface area (Å²) in [6.45, 7) is 1.37. The Balaban J connectivity index is 1.76. The fourth-order valence-electron chi connectivity index (χ4n) is 2.56. The van der Waals surface area contributed by atoms with Gasteiger partial charge in [-0.05, 0) is 37.3 Å². The highest BCUT2D eigenvalue weighted by atomic mass is 19.4. The van der Waals surface area contributed by atoms with Crippen molar-refractivity contribution in [2.45, 2.75) is 19.6 Å². The molecule has 0 aliphatic heterocycles. The lowest BCUT2D eigenvalue weighted by Gasteiger charge is -2.14. The number of halogens is 3. The molecule has 0 aliphatic rings. The molecule has 0 saturated carbocycles. The molecule has 150 valence electrons. The second kappa shape index (κ2) is 8.22. The topological polar surface area (TPSA) is 60.3 Å². The Bertz CT molecular complexity index is 1070. The van der Waals surface area contributed by atoms with E-state index in [-0.39, 0.29) is 0 Å². The van der Waals surface area contributed by atoms with Gasteiger partial charge >= 0.3 is 6.18 Å². The number of ether oxygens (including phenoxy) is 1. The van der Waals surface area contributed by atoms with Gasteiger partial charge in [-0.15, -0.1) is 0 Å². The Labute approximate surface area is 164 Å². The molecule has 5 nitrogen and oxygen atoms in total. The first-order valence-electron chi connectivity index (χ1n) is 8.63. The fourth-order valence-corrected chi connectivity index (χ4v) is 2.56. The first-order valence-corrected chi connectivity index (χ1v) is 8.63. The molecular weight excluding hydrogens is 385 g/mol. The lowest BCUT2D eigenvalue weighted by atomic mass is 10.2. The second-order valence-electron chi connectivity index (χ2n) is 6.34. The van der Waals surface area contributed by atoms with Crippen LogP contribution >= 0.6 is 0 Å². The van der Waals surface area contributed by atoms with Crippen molar-refractivity contribution in [1.82, 2.24) is 4.57 Å². The van der Waals surface area contributed by atoms with Crippen molar-refractivity contribution in [3.63, 3.8) is 0 Å². The van der Waals surface area contributed by atoms with Crippen LogP contribution in [0.4, 0.5) is 18.9 Å². The average Bonchev–Trinajstić information content (AvgIpc) is 2.66. The molecule has 0 atom stereocenters. The zero-order chi connectivity index (χ0) is 21.0. The molecule has 1 amide bonds. The molecule has 8 heteroatoms. The van der Waals surface area contributed by atoms with Gasteiger partial charge in [-0.25, -0.2) is 0 Å². The van der Waals surface area contributed by atoms with Crippen molar-refractivity contribution in [3.8, 4) is 11.5 Å². The smallest absolute Gasteiger partial charge is 0.417 e. The molecule has 1 aromatic heterocycles. The predicted octanol–water partition coefficient (Wildman–Crippen LogP) is 4.61. The van der Waals surface area contributed by atoms with Gasteiger partial charge in [0.1, 0.15) is 12.3 Å². The van der Waals surface area contributed by atoms with E-state index in [1.54, 1.807) is 36.4 Å². The fraction of sp³-hybridized carbons (Fsp3) is 0.143. The highest BCUT2D eigenvalue weighted by Crippen LogP contribution is 2.30. The zero-order valence-corrected chi connectivity index (χ0v) is 15.4. The summed E-state index contributed by atoms with van der Waals surface area (Å²) in [5.74, 6) is 0.263. The maximum Gasteiger partial charge on any atom is 0.417 e. The van der Waals surface area contributed by atoms with E-state index in [1.807, 2.05) is 19.1 Å². The minimum Gasteiger partial charge on any atom is -0.455 e. The van der Waals surface area contributed by atoms with E-state index in [9.17, 15) is 22.8 Å². The number of para-hydroxylation sites is 2. The molecule has 0 fully saturated rings. The average molecular weight is 402 g/mol. The van der Waals surface area contributed by atoms with Crippen LogP contribution in [0.1, 0.15) is 11.1 Å². The van der Waals surface area contributed by atoms with Gasteiger partial charge in [0.05, 0.1) is 11.3 Å². The Kier molecular flexibility index (Phi) is 5.72. The van der Waals surface area contributed by atoms with E-state index < -0.39 is 29.8 Å². The number of hydrogen-bond donors (Lipinski definition) is 1. The summed E-state index contributed by atoms with van der Waals surface area (Å²) in [6.07, 6.45) is -3.99. The number of anilines is 1. The summed E-state index contributed by atoms with van der Waals surface area (Å²) in [6, 6.07) is 15.4. The minimum atomic E-state index is -4.61. The molecule has 0 spiro atoms. The maximum atomic E-state index is 12.8. The standard InChI is InChI=1S/C21H17F3N2O3/c1-14-6-9-16(10-7-14)29-18-5-3-2-4-17(18)25-19(27)13-26-12-15(21(22,23)24)8-11-20(26)28/h2-12H,13H2,1H3,(H,25,27). The van der Waals surface area contributed by atoms with Crippen LogP contribution in [-0.2, 0) is 17.5 Å². The largest absolute Gasteiger partial charge is 0.455 e. The number of aromatic nitrogens is 1.